The molecule has 0 radical (unpaired) electrons. The zero-order valence-corrected chi connectivity index (χ0v) is 11.5. The Labute approximate surface area is 112 Å². The fourth-order valence-corrected chi connectivity index (χ4v) is 2.52. The van der Waals surface area contributed by atoms with Gasteiger partial charge in [0.15, 0.2) is 0 Å². The van der Waals surface area contributed by atoms with Crippen LogP contribution < -0.4 is 16.2 Å². The van der Waals surface area contributed by atoms with Gasteiger partial charge in [-0.05, 0) is 32.7 Å². The van der Waals surface area contributed by atoms with Gasteiger partial charge >= 0.3 is 0 Å². The normalized spacial score (nSPS) is 19.8. The fourth-order valence-electron chi connectivity index (χ4n) is 2.27. The Bertz CT molecular complexity index is 485. The van der Waals surface area contributed by atoms with Crippen LogP contribution >= 0.6 is 11.6 Å². The van der Waals surface area contributed by atoms with Crippen LogP contribution in [0.3, 0.4) is 0 Å². The van der Waals surface area contributed by atoms with Crippen LogP contribution in [0.4, 0.5) is 5.69 Å². The summed E-state index contributed by atoms with van der Waals surface area (Å²) in [5, 5.41) is 4.44. The van der Waals surface area contributed by atoms with Crippen molar-refractivity contribution < 1.29 is 0 Å². The van der Waals surface area contributed by atoms with Gasteiger partial charge in [0, 0.05) is 13.1 Å². The van der Waals surface area contributed by atoms with Crippen molar-refractivity contribution in [3.05, 3.63) is 21.6 Å². The monoisotopic (exact) mass is 270 g/mol. The lowest BCUT2D eigenvalue weighted by atomic mass is 10.1. The van der Waals surface area contributed by atoms with Crippen molar-refractivity contribution in [3.8, 4) is 0 Å². The molecule has 5 nitrogen and oxygen atoms in total. The maximum atomic E-state index is 12.1. The zero-order chi connectivity index (χ0) is 13.3. The van der Waals surface area contributed by atoms with Crippen LogP contribution in [0.2, 0.25) is 5.02 Å². The third kappa shape index (κ3) is 2.37. The Kier molecular flexibility index (Phi) is 3.92. The Morgan fingerprint density at radius 1 is 1.61 bits per heavy atom. The Hall–Kier alpha value is -1.07. The van der Waals surface area contributed by atoms with Crippen molar-refractivity contribution in [3.63, 3.8) is 0 Å². The Morgan fingerprint density at radius 3 is 2.89 bits per heavy atom. The van der Waals surface area contributed by atoms with E-state index in [9.17, 15) is 4.79 Å². The van der Waals surface area contributed by atoms with E-state index in [0.717, 1.165) is 25.2 Å². The van der Waals surface area contributed by atoms with Crippen LogP contribution in [0.1, 0.15) is 26.3 Å². The standard InChI is InChI=1S/C12H19ClN4O/c1-8(2)17-12(18)11(13)10(6-15-17)16-4-3-9(5-14)7-16/h6,8-9H,3-5,7,14H2,1-2H3. The van der Waals surface area contributed by atoms with E-state index < -0.39 is 0 Å². The summed E-state index contributed by atoms with van der Waals surface area (Å²) in [4.78, 5) is 14.2. The maximum Gasteiger partial charge on any atom is 0.287 e. The molecule has 0 saturated carbocycles. The summed E-state index contributed by atoms with van der Waals surface area (Å²) in [6, 6.07) is 0.0134. The molecule has 2 N–H and O–H groups in total. The first-order valence-electron chi connectivity index (χ1n) is 6.27. The molecular weight excluding hydrogens is 252 g/mol. The summed E-state index contributed by atoms with van der Waals surface area (Å²) < 4.78 is 1.41. The van der Waals surface area contributed by atoms with Crippen molar-refractivity contribution in [1.29, 1.82) is 0 Å². The highest BCUT2D eigenvalue weighted by Gasteiger charge is 2.24. The van der Waals surface area contributed by atoms with Crippen molar-refractivity contribution in [2.75, 3.05) is 24.5 Å². The van der Waals surface area contributed by atoms with Crippen molar-refractivity contribution in [2.24, 2.45) is 11.7 Å². The van der Waals surface area contributed by atoms with E-state index in [1.807, 2.05) is 13.8 Å². The van der Waals surface area contributed by atoms with Crippen LogP contribution in [-0.4, -0.2) is 29.4 Å². The molecule has 100 valence electrons. The van der Waals surface area contributed by atoms with E-state index in [0.29, 0.717) is 12.5 Å². The van der Waals surface area contributed by atoms with Gasteiger partial charge in [0.1, 0.15) is 5.02 Å². The number of nitrogens with zero attached hydrogens (tertiary/aromatic N) is 3. The third-order valence-corrected chi connectivity index (χ3v) is 3.73. The molecule has 1 aliphatic rings. The largest absolute Gasteiger partial charge is 0.369 e. The molecule has 1 aliphatic heterocycles. The molecule has 1 fully saturated rings. The molecule has 1 saturated heterocycles. The van der Waals surface area contributed by atoms with E-state index in [1.165, 1.54) is 4.68 Å². The second kappa shape index (κ2) is 5.28. The summed E-state index contributed by atoms with van der Waals surface area (Å²) in [6.45, 7) is 6.22. The van der Waals surface area contributed by atoms with Gasteiger partial charge in [0.05, 0.1) is 17.9 Å². The number of hydrogen-bond donors (Lipinski definition) is 1. The highest BCUT2D eigenvalue weighted by atomic mass is 35.5. The molecule has 2 heterocycles. The minimum atomic E-state index is -0.222. The lowest BCUT2D eigenvalue weighted by Gasteiger charge is -2.20. The average molecular weight is 271 g/mol. The predicted octanol–water partition coefficient (Wildman–Crippen LogP) is 1.26. The van der Waals surface area contributed by atoms with Gasteiger partial charge in [0.2, 0.25) is 0 Å². The van der Waals surface area contributed by atoms with E-state index in [-0.39, 0.29) is 16.6 Å². The quantitative estimate of drug-likeness (QED) is 0.898. The van der Waals surface area contributed by atoms with Gasteiger partial charge in [-0.25, -0.2) is 4.68 Å². The number of nitrogens with two attached hydrogens (primary N) is 1. The van der Waals surface area contributed by atoms with Crippen LogP contribution in [0.15, 0.2) is 11.0 Å². The summed E-state index contributed by atoms with van der Waals surface area (Å²) in [5.74, 6) is 0.480. The minimum Gasteiger partial charge on any atom is -0.369 e. The summed E-state index contributed by atoms with van der Waals surface area (Å²) in [7, 11) is 0. The second-order valence-corrected chi connectivity index (χ2v) is 5.40. The van der Waals surface area contributed by atoms with Crippen molar-refractivity contribution in [1.82, 2.24) is 9.78 Å². The summed E-state index contributed by atoms with van der Waals surface area (Å²) >= 11 is 6.17. The topological polar surface area (TPSA) is 64.2 Å². The molecule has 0 spiro atoms. The first-order valence-corrected chi connectivity index (χ1v) is 6.64. The smallest absolute Gasteiger partial charge is 0.287 e. The van der Waals surface area contributed by atoms with E-state index in [2.05, 4.69) is 10.00 Å². The third-order valence-electron chi connectivity index (χ3n) is 3.37. The van der Waals surface area contributed by atoms with Gasteiger partial charge in [-0.3, -0.25) is 4.79 Å². The maximum absolute atomic E-state index is 12.1. The fraction of sp³-hybridized carbons (Fsp3) is 0.667. The van der Waals surface area contributed by atoms with Gasteiger partial charge in [-0.2, -0.15) is 5.10 Å². The lowest BCUT2D eigenvalue weighted by Crippen LogP contribution is -2.29. The highest BCUT2D eigenvalue weighted by molar-refractivity contribution is 6.33. The van der Waals surface area contributed by atoms with Crippen LogP contribution in [0, 0.1) is 5.92 Å². The molecular formula is C12H19ClN4O. The number of halogens is 1. The van der Waals surface area contributed by atoms with Crippen LogP contribution in [0.25, 0.3) is 0 Å². The molecule has 0 bridgehead atoms. The molecule has 0 aromatic carbocycles. The molecule has 0 amide bonds. The Balaban J connectivity index is 2.31. The van der Waals surface area contributed by atoms with Gasteiger partial charge < -0.3 is 10.6 Å². The molecule has 1 unspecified atom stereocenters. The minimum absolute atomic E-state index is 0.0134. The Morgan fingerprint density at radius 2 is 2.33 bits per heavy atom. The average Bonchev–Trinajstić information content (AvgIpc) is 2.80. The lowest BCUT2D eigenvalue weighted by molar-refractivity contribution is 0.502. The number of aromatic nitrogens is 2. The number of rotatable bonds is 3. The molecule has 18 heavy (non-hydrogen) atoms. The van der Waals surface area contributed by atoms with Crippen LogP contribution in [-0.2, 0) is 0 Å². The van der Waals surface area contributed by atoms with E-state index >= 15 is 0 Å². The molecule has 1 aromatic heterocycles. The SMILES string of the molecule is CC(C)n1ncc(N2CCC(CN)C2)c(Cl)c1=O. The number of anilines is 1. The number of hydrogen-bond acceptors (Lipinski definition) is 4. The molecule has 1 atom stereocenters. The molecule has 2 rings (SSSR count). The first-order chi connectivity index (χ1) is 8.54. The van der Waals surface area contributed by atoms with Crippen molar-refractivity contribution in [2.45, 2.75) is 26.3 Å². The first kappa shape index (κ1) is 13.4. The highest BCUT2D eigenvalue weighted by Crippen LogP contribution is 2.27. The summed E-state index contributed by atoms with van der Waals surface area (Å²) in [6.07, 6.45) is 2.72. The zero-order valence-electron chi connectivity index (χ0n) is 10.8. The predicted molar refractivity (Wildman–Crippen MR) is 73.3 cm³/mol. The van der Waals surface area contributed by atoms with Gasteiger partial charge in [0.25, 0.3) is 5.56 Å². The van der Waals surface area contributed by atoms with Gasteiger partial charge in [-0.1, -0.05) is 11.6 Å². The van der Waals surface area contributed by atoms with E-state index in [4.69, 9.17) is 17.3 Å². The molecule has 0 aliphatic carbocycles. The van der Waals surface area contributed by atoms with Crippen molar-refractivity contribution >= 4 is 17.3 Å². The van der Waals surface area contributed by atoms with Gasteiger partial charge in [-0.15, -0.1) is 0 Å². The second-order valence-electron chi connectivity index (χ2n) is 5.02. The summed E-state index contributed by atoms with van der Waals surface area (Å²) in [5.41, 5.74) is 6.17. The van der Waals surface area contributed by atoms with E-state index in [1.54, 1.807) is 6.20 Å². The molecule has 6 heteroatoms. The van der Waals surface area contributed by atoms with Crippen LogP contribution in [0.5, 0.6) is 0 Å². The molecule has 1 aromatic rings.